The summed E-state index contributed by atoms with van der Waals surface area (Å²) < 4.78 is 5.01. The second kappa shape index (κ2) is 7.03. The lowest BCUT2D eigenvalue weighted by Crippen LogP contribution is -2.09. The smallest absolute Gasteiger partial charge is 0.341 e. The highest BCUT2D eigenvalue weighted by atomic mass is 16.5. The van der Waals surface area contributed by atoms with Crippen molar-refractivity contribution < 1.29 is 24.5 Å². The van der Waals surface area contributed by atoms with Crippen LogP contribution in [0.3, 0.4) is 0 Å². The average Bonchev–Trinajstić information content (AvgIpc) is 2.52. The van der Waals surface area contributed by atoms with Crippen LogP contribution < -0.4 is 4.74 Å². The summed E-state index contributed by atoms with van der Waals surface area (Å²) in [5.41, 5.74) is 1.23. The van der Waals surface area contributed by atoms with Crippen LogP contribution in [0.5, 0.6) is 5.75 Å². The zero-order valence-corrected chi connectivity index (χ0v) is 11.5. The fourth-order valence-electron chi connectivity index (χ4n) is 1.71. The monoisotopic (exact) mass is 299 g/mol. The summed E-state index contributed by atoms with van der Waals surface area (Å²) in [5, 5.41) is 17.6. The molecule has 2 N–H and O–H groups in total. The number of ether oxygens (including phenoxy) is 1. The van der Waals surface area contributed by atoms with Gasteiger partial charge < -0.3 is 14.9 Å². The Hall–Kier alpha value is -3.15. The van der Waals surface area contributed by atoms with Crippen molar-refractivity contribution in [2.45, 2.75) is 0 Å². The van der Waals surface area contributed by atoms with E-state index in [4.69, 9.17) is 14.9 Å². The van der Waals surface area contributed by atoms with Crippen molar-refractivity contribution in [2.24, 2.45) is 4.99 Å². The van der Waals surface area contributed by atoms with Crippen molar-refractivity contribution in [3.63, 3.8) is 0 Å². The van der Waals surface area contributed by atoms with E-state index in [1.807, 2.05) is 0 Å². The number of nitrogens with zero attached hydrogens (tertiary/aromatic N) is 1. The first-order valence-electron chi connectivity index (χ1n) is 6.37. The number of rotatable bonds is 6. The van der Waals surface area contributed by atoms with Gasteiger partial charge in [0, 0.05) is 6.21 Å². The molecule has 0 atom stereocenters. The topological polar surface area (TPSA) is 96.2 Å². The molecule has 0 amide bonds. The molecule has 0 aromatic heterocycles. The lowest BCUT2D eigenvalue weighted by atomic mass is 10.2. The van der Waals surface area contributed by atoms with Crippen LogP contribution in [-0.4, -0.2) is 35.0 Å². The Kier molecular flexibility index (Phi) is 4.87. The molecular formula is C16H13NO5. The number of hydrogen-bond acceptors (Lipinski definition) is 4. The molecule has 6 nitrogen and oxygen atoms in total. The molecule has 112 valence electrons. The molecule has 2 aromatic carbocycles. The number of aliphatic imine (C=N–C) groups is 1. The maximum Gasteiger partial charge on any atom is 0.341 e. The lowest BCUT2D eigenvalue weighted by Gasteiger charge is -2.03. The quantitative estimate of drug-likeness (QED) is 0.799. The summed E-state index contributed by atoms with van der Waals surface area (Å²) in [4.78, 5) is 25.6. The number of benzene rings is 2. The zero-order valence-electron chi connectivity index (χ0n) is 11.5. The van der Waals surface area contributed by atoms with Gasteiger partial charge in [0.05, 0.1) is 11.3 Å². The van der Waals surface area contributed by atoms with E-state index in [0.717, 1.165) is 5.56 Å². The molecule has 2 rings (SSSR count). The molecule has 0 aliphatic carbocycles. The minimum absolute atomic E-state index is 0.125. The van der Waals surface area contributed by atoms with E-state index in [9.17, 15) is 9.59 Å². The van der Waals surface area contributed by atoms with E-state index >= 15 is 0 Å². The summed E-state index contributed by atoms with van der Waals surface area (Å²) in [5.74, 6) is -1.65. The molecule has 0 aliphatic heterocycles. The molecule has 22 heavy (non-hydrogen) atoms. The maximum absolute atomic E-state index is 11.1. The van der Waals surface area contributed by atoms with E-state index in [1.165, 1.54) is 12.3 Å². The Morgan fingerprint density at radius 1 is 1.05 bits per heavy atom. The fourth-order valence-corrected chi connectivity index (χ4v) is 1.71. The Morgan fingerprint density at radius 3 is 2.36 bits per heavy atom. The Morgan fingerprint density at radius 2 is 1.73 bits per heavy atom. The highest BCUT2D eigenvalue weighted by Gasteiger charge is 2.07. The van der Waals surface area contributed by atoms with Crippen LogP contribution in [0.25, 0.3) is 0 Å². The van der Waals surface area contributed by atoms with Gasteiger partial charge in [-0.05, 0) is 42.0 Å². The first-order chi connectivity index (χ1) is 10.6. The van der Waals surface area contributed by atoms with Gasteiger partial charge >= 0.3 is 11.9 Å². The minimum atomic E-state index is -1.05. The van der Waals surface area contributed by atoms with Crippen molar-refractivity contribution in [1.29, 1.82) is 0 Å². The summed E-state index contributed by atoms with van der Waals surface area (Å²) in [6.07, 6.45) is 1.53. The van der Waals surface area contributed by atoms with Crippen LogP contribution in [0.15, 0.2) is 53.5 Å². The number of aliphatic carboxylic acids is 1. The molecular weight excluding hydrogens is 286 g/mol. The highest BCUT2D eigenvalue weighted by Crippen LogP contribution is 2.19. The summed E-state index contributed by atoms with van der Waals surface area (Å²) in [6, 6.07) is 13.1. The van der Waals surface area contributed by atoms with Crippen molar-refractivity contribution in [3.05, 3.63) is 59.7 Å². The van der Waals surface area contributed by atoms with Gasteiger partial charge in [-0.15, -0.1) is 0 Å². The molecule has 0 unspecified atom stereocenters. The predicted molar refractivity (Wildman–Crippen MR) is 80.2 cm³/mol. The Labute approximate surface area is 126 Å². The molecule has 6 heteroatoms. The third kappa shape index (κ3) is 4.17. The molecule has 0 fully saturated rings. The van der Waals surface area contributed by atoms with Crippen molar-refractivity contribution in [1.82, 2.24) is 0 Å². The summed E-state index contributed by atoms with van der Waals surface area (Å²) in [7, 11) is 0. The van der Waals surface area contributed by atoms with Crippen molar-refractivity contribution >= 4 is 23.8 Å². The number of para-hydroxylation sites is 1. The molecule has 0 radical (unpaired) electrons. The van der Waals surface area contributed by atoms with Crippen LogP contribution in [0.4, 0.5) is 5.69 Å². The number of aromatic carboxylic acids is 1. The normalized spacial score (nSPS) is 10.5. The molecule has 0 spiro atoms. The predicted octanol–water partition coefficient (Wildman–Crippen LogP) is 2.60. The first-order valence-corrected chi connectivity index (χ1v) is 6.37. The Bertz CT molecular complexity index is 707. The highest BCUT2D eigenvalue weighted by molar-refractivity contribution is 5.95. The van der Waals surface area contributed by atoms with E-state index in [1.54, 1.807) is 42.5 Å². The standard InChI is InChI=1S/C16H13NO5/c18-15(19)10-22-12-7-5-11(6-8-12)9-17-14-4-2-1-3-13(14)16(20)21/h1-9H,10H2,(H,18,19)(H,20,21). The third-order valence-electron chi connectivity index (χ3n) is 2.73. The van der Waals surface area contributed by atoms with Gasteiger partial charge in [-0.2, -0.15) is 0 Å². The molecule has 0 aliphatic rings. The fraction of sp³-hybridized carbons (Fsp3) is 0.0625. The Balaban J connectivity index is 2.11. The molecule has 0 saturated carbocycles. The summed E-state index contributed by atoms with van der Waals surface area (Å²) >= 11 is 0. The number of carboxylic acid groups (broad SMARTS) is 2. The maximum atomic E-state index is 11.1. The zero-order chi connectivity index (χ0) is 15.9. The largest absolute Gasteiger partial charge is 0.482 e. The van der Waals surface area contributed by atoms with Gasteiger partial charge in [-0.1, -0.05) is 12.1 Å². The number of hydrogen-bond donors (Lipinski definition) is 2. The van der Waals surface area contributed by atoms with Gasteiger partial charge in [0.25, 0.3) is 0 Å². The minimum Gasteiger partial charge on any atom is -0.482 e. The van der Waals surface area contributed by atoms with Crippen molar-refractivity contribution in [3.8, 4) is 5.75 Å². The van der Waals surface area contributed by atoms with E-state index in [-0.39, 0.29) is 5.56 Å². The second-order valence-electron chi connectivity index (χ2n) is 4.33. The van der Waals surface area contributed by atoms with Gasteiger partial charge in [0.1, 0.15) is 5.75 Å². The van der Waals surface area contributed by atoms with Crippen molar-refractivity contribution in [2.75, 3.05) is 6.61 Å². The van der Waals surface area contributed by atoms with Crippen LogP contribution in [0.1, 0.15) is 15.9 Å². The van der Waals surface area contributed by atoms with Gasteiger partial charge in [-0.3, -0.25) is 4.99 Å². The number of carboxylic acids is 2. The van der Waals surface area contributed by atoms with Gasteiger partial charge in [0.15, 0.2) is 6.61 Å². The average molecular weight is 299 g/mol. The first kappa shape index (κ1) is 15.2. The molecule has 2 aromatic rings. The molecule has 0 saturated heterocycles. The second-order valence-corrected chi connectivity index (χ2v) is 4.33. The van der Waals surface area contributed by atoms with Crippen LogP contribution in [0.2, 0.25) is 0 Å². The van der Waals surface area contributed by atoms with Gasteiger partial charge in [0.2, 0.25) is 0 Å². The molecule has 0 bridgehead atoms. The molecule has 0 heterocycles. The van der Waals surface area contributed by atoms with E-state index < -0.39 is 18.5 Å². The van der Waals surface area contributed by atoms with Crippen LogP contribution in [-0.2, 0) is 4.79 Å². The van der Waals surface area contributed by atoms with E-state index in [2.05, 4.69) is 4.99 Å². The SMILES string of the molecule is O=C(O)COc1ccc(C=Nc2ccccc2C(=O)O)cc1. The summed E-state index contributed by atoms with van der Waals surface area (Å²) in [6.45, 7) is -0.403. The van der Waals surface area contributed by atoms with E-state index in [0.29, 0.717) is 11.4 Å². The van der Waals surface area contributed by atoms with Crippen LogP contribution in [0, 0.1) is 0 Å². The lowest BCUT2D eigenvalue weighted by molar-refractivity contribution is -0.139. The van der Waals surface area contributed by atoms with Gasteiger partial charge in [-0.25, -0.2) is 9.59 Å². The number of carbonyl (C=O) groups is 2. The third-order valence-corrected chi connectivity index (χ3v) is 2.73. The van der Waals surface area contributed by atoms with Crippen LogP contribution >= 0.6 is 0 Å².